The number of hydrogen-bond donors (Lipinski definition) is 1. The lowest BCUT2D eigenvalue weighted by Gasteiger charge is -2.32. The monoisotopic (exact) mass is 368 g/mol. The van der Waals surface area contributed by atoms with Crippen LogP contribution in [0.4, 0.5) is 0 Å². The van der Waals surface area contributed by atoms with Gasteiger partial charge in [-0.05, 0) is 44.2 Å². The van der Waals surface area contributed by atoms with Crippen molar-refractivity contribution >= 4 is 28.3 Å². The van der Waals surface area contributed by atoms with Crippen molar-refractivity contribution < 1.29 is 4.79 Å². The number of carbonyl (C=O) groups is 1. The highest BCUT2D eigenvalue weighted by Gasteiger charge is 2.24. The minimum absolute atomic E-state index is 0.270. The highest BCUT2D eigenvalue weighted by atomic mass is 32.1. The number of thiazole rings is 1. The van der Waals surface area contributed by atoms with Crippen molar-refractivity contribution in [1.82, 2.24) is 19.9 Å². The van der Waals surface area contributed by atoms with Crippen molar-refractivity contribution in [1.29, 1.82) is 0 Å². The van der Waals surface area contributed by atoms with Gasteiger partial charge in [0.25, 0.3) is 0 Å². The molecule has 26 heavy (non-hydrogen) atoms. The van der Waals surface area contributed by atoms with E-state index in [1.54, 1.807) is 11.3 Å². The van der Waals surface area contributed by atoms with Crippen LogP contribution in [-0.4, -0.2) is 38.8 Å². The van der Waals surface area contributed by atoms with E-state index in [2.05, 4.69) is 16.0 Å². The Morgan fingerprint density at radius 1 is 1.38 bits per heavy atom. The Balaban J connectivity index is 1.34. The average molecular weight is 369 g/mol. The van der Waals surface area contributed by atoms with Gasteiger partial charge in [0.2, 0.25) is 5.91 Å². The zero-order chi connectivity index (χ0) is 17.9. The first-order chi connectivity index (χ1) is 12.7. The number of rotatable bonds is 5. The van der Waals surface area contributed by atoms with Crippen LogP contribution in [0.1, 0.15) is 35.7 Å². The molecule has 1 aliphatic heterocycles. The molecule has 0 saturated carbocycles. The zero-order valence-corrected chi connectivity index (χ0v) is 15.9. The molecule has 1 atom stereocenters. The molecular weight excluding hydrogens is 344 g/mol. The van der Waals surface area contributed by atoms with Crippen LogP contribution in [0.5, 0.6) is 0 Å². The minimum atomic E-state index is 0.270. The van der Waals surface area contributed by atoms with Crippen LogP contribution in [0.15, 0.2) is 29.8 Å². The Kier molecular flexibility index (Phi) is 5.02. The smallest absolute Gasteiger partial charge is 0.222 e. The molecule has 0 aliphatic carbocycles. The van der Waals surface area contributed by atoms with Crippen molar-refractivity contribution in [2.24, 2.45) is 5.92 Å². The molecule has 5 nitrogen and oxygen atoms in total. The number of nitrogens with zero attached hydrogens (tertiary/aromatic N) is 3. The number of amides is 1. The van der Waals surface area contributed by atoms with E-state index in [-0.39, 0.29) is 5.91 Å². The largest absolute Gasteiger partial charge is 0.342 e. The summed E-state index contributed by atoms with van der Waals surface area (Å²) in [7, 11) is 0. The number of hydrogen-bond acceptors (Lipinski definition) is 4. The van der Waals surface area contributed by atoms with E-state index in [4.69, 9.17) is 4.98 Å². The third-order valence-electron chi connectivity index (χ3n) is 5.20. The van der Waals surface area contributed by atoms with Gasteiger partial charge in [-0.3, -0.25) is 4.79 Å². The van der Waals surface area contributed by atoms with Gasteiger partial charge in [-0.15, -0.1) is 11.3 Å². The summed E-state index contributed by atoms with van der Waals surface area (Å²) in [5, 5.41) is 0. The second kappa shape index (κ2) is 7.58. The van der Waals surface area contributed by atoms with E-state index in [1.807, 2.05) is 35.5 Å². The lowest BCUT2D eigenvalue weighted by molar-refractivity contribution is -0.132. The Bertz CT molecular complexity index is 867. The van der Waals surface area contributed by atoms with Crippen LogP contribution in [-0.2, 0) is 17.6 Å². The maximum Gasteiger partial charge on any atom is 0.222 e. The van der Waals surface area contributed by atoms with Crippen LogP contribution in [0.3, 0.4) is 0 Å². The van der Waals surface area contributed by atoms with Gasteiger partial charge in [0.05, 0.1) is 22.2 Å². The molecule has 1 aliphatic rings. The summed E-state index contributed by atoms with van der Waals surface area (Å²) in [5.74, 6) is 1.79. The third kappa shape index (κ3) is 3.80. The quantitative estimate of drug-likeness (QED) is 0.746. The maximum atomic E-state index is 12.6. The van der Waals surface area contributed by atoms with Crippen LogP contribution in [0.2, 0.25) is 0 Å². The third-order valence-corrected chi connectivity index (χ3v) is 6.20. The second-order valence-electron chi connectivity index (χ2n) is 7.11. The number of carbonyl (C=O) groups excluding carboxylic acids is 1. The number of likely N-dealkylation sites (tertiary alicyclic amines) is 1. The fourth-order valence-electron chi connectivity index (χ4n) is 3.78. The molecule has 136 valence electrons. The Morgan fingerprint density at radius 3 is 3.08 bits per heavy atom. The molecule has 6 heteroatoms. The first kappa shape index (κ1) is 17.2. The van der Waals surface area contributed by atoms with E-state index in [0.29, 0.717) is 12.3 Å². The lowest BCUT2D eigenvalue weighted by Crippen LogP contribution is -2.40. The van der Waals surface area contributed by atoms with Crippen molar-refractivity contribution in [2.45, 2.75) is 39.0 Å². The Morgan fingerprint density at radius 2 is 2.27 bits per heavy atom. The molecule has 0 spiro atoms. The van der Waals surface area contributed by atoms with Gasteiger partial charge in [0, 0.05) is 30.8 Å². The number of aryl methyl sites for hydroxylation is 2. The number of para-hydroxylation sites is 2. The molecule has 2 aromatic heterocycles. The van der Waals surface area contributed by atoms with Gasteiger partial charge >= 0.3 is 0 Å². The molecule has 4 rings (SSSR count). The van der Waals surface area contributed by atoms with Gasteiger partial charge in [-0.25, -0.2) is 9.97 Å². The number of imidazole rings is 1. The van der Waals surface area contributed by atoms with Crippen molar-refractivity contribution in [3.63, 3.8) is 0 Å². The SMILES string of the molecule is Cc1ncsc1CCC(=O)N1CCC[C@@H](Cc2nc3ccccc3[nH]2)C1. The average Bonchev–Trinajstić information content (AvgIpc) is 3.25. The summed E-state index contributed by atoms with van der Waals surface area (Å²) in [6.07, 6.45) is 4.54. The van der Waals surface area contributed by atoms with E-state index < -0.39 is 0 Å². The number of benzene rings is 1. The standard InChI is InChI=1S/C20H24N4OS/c1-14-18(26-13-21-14)8-9-20(25)24-10-4-5-15(12-24)11-19-22-16-6-2-3-7-17(16)23-19/h2-3,6-7,13,15H,4-5,8-12H2,1H3,(H,22,23)/t15-/m0/s1. The normalized spacial score (nSPS) is 17.7. The molecule has 1 saturated heterocycles. The summed E-state index contributed by atoms with van der Waals surface area (Å²) < 4.78 is 0. The number of nitrogens with one attached hydrogen (secondary N) is 1. The minimum Gasteiger partial charge on any atom is -0.342 e. The van der Waals surface area contributed by atoms with Crippen molar-refractivity contribution in [3.05, 3.63) is 46.2 Å². The van der Waals surface area contributed by atoms with Gasteiger partial charge in [0.15, 0.2) is 0 Å². The molecule has 1 N–H and O–H groups in total. The molecule has 0 unspecified atom stereocenters. The number of piperidine rings is 1. The maximum absolute atomic E-state index is 12.6. The Labute approximate surface area is 157 Å². The predicted octanol–water partition coefficient (Wildman–Crippen LogP) is 3.74. The summed E-state index contributed by atoms with van der Waals surface area (Å²) in [6.45, 7) is 3.75. The molecule has 1 fully saturated rings. The number of H-pyrrole nitrogens is 1. The van der Waals surface area contributed by atoms with Crippen molar-refractivity contribution in [3.8, 4) is 0 Å². The van der Waals surface area contributed by atoms with Gasteiger partial charge in [-0.1, -0.05) is 12.1 Å². The number of aromatic nitrogens is 3. The molecule has 0 radical (unpaired) electrons. The zero-order valence-electron chi connectivity index (χ0n) is 15.1. The predicted molar refractivity (Wildman–Crippen MR) is 104 cm³/mol. The van der Waals surface area contributed by atoms with E-state index in [9.17, 15) is 4.79 Å². The van der Waals surface area contributed by atoms with E-state index in [1.165, 1.54) is 4.88 Å². The van der Waals surface area contributed by atoms with Gasteiger partial charge in [-0.2, -0.15) is 0 Å². The molecule has 3 heterocycles. The van der Waals surface area contributed by atoms with E-state index in [0.717, 1.165) is 61.3 Å². The number of fused-ring (bicyclic) bond motifs is 1. The fraction of sp³-hybridized carbons (Fsp3) is 0.450. The topological polar surface area (TPSA) is 61.9 Å². The van der Waals surface area contributed by atoms with Crippen LogP contribution in [0, 0.1) is 12.8 Å². The summed E-state index contributed by atoms with van der Waals surface area (Å²) in [6, 6.07) is 8.13. The summed E-state index contributed by atoms with van der Waals surface area (Å²) >= 11 is 1.65. The lowest BCUT2D eigenvalue weighted by atomic mass is 9.94. The molecule has 1 aromatic carbocycles. The van der Waals surface area contributed by atoms with Crippen molar-refractivity contribution in [2.75, 3.05) is 13.1 Å². The van der Waals surface area contributed by atoms with E-state index >= 15 is 0 Å². The summed E-state index contributed by atoms with van der Waals surface area (Å²) in [4.78, 5) is 28.3. The second-order valence-corrected chi connectivity index (χ2v) is 8.05. The Hall–Kier alpha value is -2.21. The first-order valence-electron chi connectivity index (χ1n) is 9.29. The molecule has 1 amide bonds. The van der Waals surface area contributed by atoms with Gasteiger partial charge < -0.3 is 9.88 Å². The highest BCUT2D eigenvalue weighted by molar-refractivity contribution is 7.09. The molecule has 0 bridgehead atoms. The molecular formula is C20H24N4OS. The number of aromatic amines is 1. The van der Waals surface area contributed by atoms with Crippen LogP contribution < -0.4 is 0 Å². The van der Waals surface area contributed by atoms with Crippen LogP contribution >= 0.6 is 11.3 Å². The van der Waals surface area contributed by atoms with Crippen LogP contribution in [0.25, 0.3) is 11.0 Å². The highest BCUT2D eigenvalue weighted by Crippen LogP contribution is 2.23. The summed E-state index contributed by atoms with van der Waals surface area (Å²) in [5.41, 5.74) is 5.03. The van der Waals surface area contributed by atoms with Gasteiger partial charge in [0.1, 0.15) is 5.82 Å². The fourth-order valence-corrected chi connectivity index (χ4v) is 4.56. The first-order valence-corrected chi connectivity index (χ1v) is 10.2. The molecule has 3 aromatic rings.